The molecule has 26 heavy (non-hydrogen) atoms. The van der Waals surface area contributed by atoms with Crippen molar-refractivity contribution in [2.75, 3.05) is 38.5 Å². The Balaban J connectivity index is 1.51. The molecule has 2 aromatic rings. The maximum atomic E-state index is 11.0. The van der Waals surface area contributed by atoms with Gasteiger partial charge in [0.15, 0.2) is 0 Å². The maximum Gasteiger partial charge on any atom is 0.244 e. The molecule has 1 atom stereocenters. The van der Waals surface area contributed by atoms with Crippen molar-refractivity contribution in [2.24, 2.45) is 5.14 Å². The molecule has 1 aromatic heterocycles. The van der Waals surface area contributed by atoms with Crippen molar-refractivity contribution in [1.29, 1.82) is 0 Å². The number of rotatable bonds is 7. The van der Waals surface area contributed by atoms with Gasteiger partial charge in [-0.25, -0.2) is 13.6 Å². The van der Waals surface area contributed by atoms with Gasteiger partial charge in [-0.15, -0.1) is 0 Å². The second-order valence-corrected chi connectivity index (χ2v) is 8.33. The van der Waals surface area contributed by atoms with Gasteiger partial charge in [0.25, 0.3) is 0 Å². The summed E-state index contributed by atoms with van der Waals surface area (Å²) in [5.41, 5.74) is 0.939. The van der Waals surface area contributed by atoms with Crippen molar-refractivity contribution < 1.29 is 12.9 Å². The Labute approximate surface area is 154 Å². The minimum absolute atomic E-state index is 0.0356. The molecule has 1 aromatic carbocycles. The average Bonchev–Trinajstić information content (AvgIpc) is 3.11. The highest BCUT2D eigenvalue weighted by atomic mass is 32.2. The predicted octanol–water partition coefficient (Wildman–Crippen LogP) is 1.09. The summed E-state index contributed by atoms with van der Waals surface area (Å²) in [4.78, 5) is 9.10. The van der Waals surface area contributed by atoms with Crippen molar-refractivity contribution in [3.63, 3.8) is 0 Å². The zero-order valence-corrected chi connectivity index (χ0v) is 15.7. The molecule has 2 heterocycles. The summed E-state index contributed by atoms with van der Waals surface area (Å²) in [5.74, 6) is 1.26. The first kappa shape index (κ1) is 19.0. The lowest BCUT2D eigenvalue weighted by molar-refractivity contribution is 0.0885. The number of hydrogen-bond acceptors (Lipinski definition) is 7. The summed E-state index contributed by atoms with van der Waals surface area (Å²) in [6, 6.07) is 9.81. The molecule has 2 N–H and O–H groups in total. The van der Waals surface area contributed by atoms with Gasteiger partial charge in [0.05, 0.1) is 11.8 Å². The fraction of sp³-hybridized carbons (Fsp3) is 0.529. The van der Waals surface area contributed by atoms with E-state index in [0.29, 0.717) is 18.1 Å². The van der Waals surface area contributed by atoms with Crippen LogP contribution in [0.2, 0.25) is 0 Å². The quantitative estimate of drug-likeness (QED) is 0.768. The topological polar surface area (TPSA) is 106 Å². The van der Waals surface area contributed by atoms with E-state index in [1.165, 1.54) is 0 Å². The highest BCUT2D eigenvalue weighted by molar-refractivity contribution is 7.89. The molecule has 0 saturated carbocycles. The number of hydrogen-bond donors (Lipinski definition) is 1. The van der Waals surface area contributed by atoms with E-state index in [-0.39, 0.29) is 11.8 Å². The van der Waals surface area contributed by atoms with Crippen LogP contribution in [0.3, 0.4) is 0 Å². The van der Waals surface area contributed by atoms with Gasteiger partial charge >= 0.3 is 0 Å². The Bertz CT molecular complexity index is 801. The third-order valence-corrected chi connectivity index (χ3v) is 5.55. The molecule has 0 spiro atoms. The molecule has 8 nitrogen and oxygen atoms in total. The largest absolute Gasteiger partial charge is 0.337 e. The molecule has 142 valence electrons. The zero-order valence-electron chi connectivity index (χ0n) is 14.9. The van der Waals surface area contributed by atoms with Gasteiger partial charge in [0.2, 0.25) is 21.7 Å². The van der Waals surface area contributed by atoms with E-state index in [1.54, 1.807) is 0 Å². The lowest BCUT2D eigenvalue weighted by atomic mass is 10.2. The summed E-state index contributed by atoms with van der Waals surface area (Å²) in [6.45, 7) is 6.33. The number of nitrogens with zero attached hydrogens (tertiary/aromatic N) is 4. The Kier molecular flexibility index (Phi) is 6.02. The molecule has 0 bridgehead atoms. The maximum absolute atomic E-state index is 11.0. The first-order chi connectivity index (χ1) is 12.4. The Morgan fingerprint density at radius 2 is 1.88 bits per heavy atom. The van der Waals surface area contributed by atoms with E-state index >= 15 is 0 Å². The van der Waals surface area contributed by atoms with Crippen molar-refractivity contribution in [1.82, 2.24) is 19.9 Å². The number of aromatic nitrogens is 2. The third-order valence-electron chi connectivity index (χ3n) is 4.69. The molecule has 3 rings (SSSR count). The molecule has 1 saturated heterocycles. The van der Waals surface area contributed by atoms with Gasteiger partial charge in [0, 0.05) is 31.7 Å². The predicted molar refractivity (Wildman–Crippen MR) is 98.8 cm³/mol. The van der Waals surface area contributed by atoms with Gasteiger partial charge in [-0.3, -0.25) is 4.90 Å². The molecule has 1 aliphatic heterocycles. The van der Waals surface area contributed by atoms with Gasteiger partial charge < -0.3 is 9.42 Å². The summed E-state index contributed by atoms with van der Waals surface area (Å²) < 4.78 is 27.5. The van der Waals surface area contributed by atoms with E-state index in [4.69, 9.17) is 9.66 Å². The van der Waals surface area contributed by atoms with Crippen LogP contribution in [0, 0.1) is 0 Å². The average molecular weight is 379 g/mol. The van der Waals surface area contributed by atoms with Crippen LogP contribution in [0.5, 0.6) is 0 Å². The van der Waals surface area contributed by atoms with Crippen LogP contribution in [-0.2, 0) is 10.0 Å². The SMILES string of the molecule is C[C@@H](c1nc(-c2ccccc2)no1)N1CCN(CCCS(N)(=O)=O)CC1. The van der Waals surface area contributed by atoms with E-state index in [1.807, 2.05) is 30.3 Å². The molecule has 9 heteroatoms. The molecule has 0 unspecified atom stereocenters. The highest BCUT2D eigenvalue weighted by Gasteiger charge is 2.26. The third kappa shape index (κ3) is 5.10. The van der Waals surface area contributed by atoms with E-state index in [9.17, 15) is 8.42 Å². The Hall–Kier alpha value is -1.81. The van der Waals surface area contributed by atoms with Crippen LogP contribution >= 0.6 is 0 Å². The highest BCUT2D eigenvalue weighted by Crippen LogP contribution is 2.23. The Morgan fingerprint density at radius 3 is 2.54 bits per heavy atom. The molecular weight excluding hydrogens is 354 g/mol. The number of sulfonamides is 1. The van der Waals surface area contributed by atoms with Crippen molar-refractivity contribution >= 4 is 10.0 Å². The van der Waals surface area contributed by atoms with Crippen LogP contribution in [0.1, 0.15) is 25.3 Å². The van der Waals surface area contributed by atoms with Gasteiger partial charge in [-0.2, -0.15) is 4.98 Å². The normalized spacial score (nSPS) is 18.1. The summed E-state index contributed by atoms with van der Waals surface area (Å²) in [6.07, 6.45) is 0.568. The van der Waals surface area contributed by atoms with Crippen molar-refractivity contribution in [3.8, 4) is 11.4 Å². The van der Waals surface area contributed by atoms with Crippen LogP contribution < -0.4 is 5.14 Å². The molecule has 1 aliphatic rings. The smallest absolute Gasteiger partial charge is 0.244 e. The number of benzene rings is 1. The first-order valence-electron chi connectivity index (χ1n) is 8.78. The van der Waals surface area contributed by atoms with Crippen LogP contribution in [0.4, 0.5) is 0 Å². The fourth-order valence-electron chi connectivity index (χ4n) is 3.13. The van der Waals surface area contributed by atoms with E-state index < -0.39 is 10.0 Å². The fourth-order valence-corrected chi connectivity index (χ4v) is 3.66. The van der Waals surface area contributed by atoms with E-state index in [0.717, 1.165) is 38.3 Å². The standard InChI is InChI=1S/C17H25N5O3S/c1-14(17-19-16(20-25-17)15-6-3-2-4-7-15)22-11-9-21(10-12-22)8-5-13-26(18,23)24/h2-4,6-7,14H,5,8-13H2,1H3,(H2,18,23,24)/t14-/m0/s1. The number of piperazine rings is 1. The van der Waals surface area contributed by atoms with Gasteiger partial charge in [-0.05, 0) is 19.9 Å². The van der Waals surface area contributed by atoms with E-state index in [2.05, 4.69) is 26.9 Å². The summed E-state index contributed by atoms with van der Waals surface area (Å²) in [7, 11) is -3.37. The summed E-state index contributed by atoms with van der Waals surface area (Å²) in [5, 5.41) is 9.13. The molecule has 0 aliphatic carbocycles. The Morgan fingerprint density at radius 1 is 1.19 bits per heavy atom. The molecule has 0 radical (unpaired) electrons. The van der Waals surface area contributed by atoms with Crippen LogP contribution in [0.25, 0.3) is 11.4 Å². The number of nitrogens with two attached hydrogens (primary N) is 1. The molecular formula is C17H25N5O3S. The lowest BCUT2D eigenvalue weighted by Crippen LogP contribution is -2.47. The monoisotopic (exact) mass is 379 g/mol. The van der Waals surface area contributed by atoms with Gasteiger partial charge in [-0.1, -0.05) is 35.5 Å². The van der Waals surface area contributed by atoms with Gasteiger partial charge in [0.1, 0.15) is 0 Å². The van der Waals surface area contributed by atoms with Crippen molar-refractivity contribution in [2.45, 2.75) is 19.4 Å². The molecule has 0 amide bonds. The summed E-state index contributed by atoms with van der Waals surface area (Å²) >= 11 is 0. The second kappa shape index (κ2) is 8.26. The lowest BCUT2D eigenvalue weighted by Gasteiger charge is -2.36. The zero-order chi connectivity index (χ0) is 18.6. The first-order valence-corrected chi connectivity index (χ1v) is 10.5. The van der Waals surface area contributed by atoms with Crippen LogP contribution in [0.15, 0.2) is 34.9 Å². The minimum Gasteiger partial charge on any atom is -0.337 e. The number of primary sulfonamides is 1. The van der Waals surface area contributed by atoms with Crippen LogP contribution in [-0.4, -0.2) is 66.8 Å². The second-order valence-electron chi connectivity index (χ2n) is 6.60. The van der Waals surface area contributed by atoms with Crippen molar-refractivity contribution in [3.05, 3.63) is 36.2 Å². The molecule has 1 fully saturated rings. The minimum atomic E-state index is -3.37.